The zero-order valence-electron chi connectivity index (χ0n) is 17.6. The Morgan fingerprint density at radius 3 is 1.26 bits per heavy atom. The van der Waals surface area contributed by atoms with Crippen molar-refractivity contribution in [1.82, 2.24) is 0 Å². The van der Waals surface area contributed by atoms with Gasteiger partial charge in [0.1, 0.15) is 13.1 Å². The minimum absolute atomic E-state index is 1.02. The van der Waals surface area contributed by atoms with E-state index in [0.29, 0.717) is 0 Å². The Balaban J connectivity index is 1.84. The van der Waals surface area contributed by atoms with Crippen molar-refractivity contribution in [3.63, 3.8) is 0 Å². The molecule has 0 N–H and O–H groups in total. The van der Waals surface area contributed by atoms with Crippen LogP contribution in [0.1, 0.15) is 28.7 Å². The van der Waals surface area contributed by atoms with Gasteiger partial charge >= 0.3 is 0 Å². The van der Waals surface area contributed by atoms with Crippen LogP contribution in [0.4, 0.5) is 0 Å². The molecule has 2 aromatic carbocycles. The Morgan fingerprint density at radius 2 is 0.963 bits per heavy atom. The Labute approximate surface area is 166 Å². The van der Waals surface area contributed by atoms with Crippen molar-refractivity contribution >= 4 is 12.2 Å². The van der Waals surface area contributed by atoms with Gasteiger partial charge in [0.15, 0.2) is 0 Å². The van der Waals surface area contributed by atoms with E-state index in [1.807, 2.05) is 12.2 Å². The van der Waals surface area contributed by atoms with Gasteiger partial charge in [0.05, 0.1) is 41.3 Å². The average molecular weight is 365 g/mol. The third kappa shape index (κ3) is 7.16. The predicted molar refractivity (Wildman–Crippen MR) is 119 cm³/mol. The molecule has 27 heavy (non-hydrogen) atoms. The number of rotatable bonds is 10. The molecule has 0 aromatic heterocycles. The van der Waals surface area contributed by atoms with E-state index in [-0.39, 0.29) is 0 Å². The first-order valence-electron chi connectivity index (χ1n) is 9.80. The summed E-state index contributed by atoms with van der Waals surface area (Å²) in [5.41, 5.74) is 5.15. The summed E-state index contributed by atoms with van der Waals surface area (Å²) in [6.07, 6.45) is 5.01. The summed E-state index contributed by atoms with van der Waals surface area (Å²) >= 11 is 0. The second kappa shape index (κ2) is 9.16. The lowest BCUT2D eigenvalue weighted by Crippen LogP contribution is -2.44. The molecule has 0 fully saturated rings. The topological polar surface area (TPSA) is 0 Å². The van der Waals surface area contributed by atoms with Crippen molar-refractivity contribution < 1.29 is 8.97 Å². The molecule has 2 aromatic rings. The molecular weight excluding hydrogens is 328 g/mol. The first-order chi connectivity index (χ1) is 12.7. The molecule has 0 amide bonds. The van der Waals surface area contributed by atoms with E-state index in [0.717, 1.165) is 22.1 Å². The van der Waals surface area contributed by atoms with E-state index in [1.165, 1.54) is 41.8 Å². The summed E-state index contributed by atoms with van der Waals surface area (Å²) in [6, 6.07) is 17.5. The highest BCUT2D eigenvalue weighted by Crippen LogP contribution is 2.15. The quantitative estimate of drug-likeness (QED) is 0.507. The molecule has 0 saturated carbocycles. The molecule has 2 rings (SSSR count). The van der Waals surface area contributed by atoms with Gasteiger partial charge in [0, 0.05) is 17.5 Å². The largest absolute Gasteiger partial charge is 0.325 e. The molecule has 0 aliphatic carbocycles. The van der Waals surface area contributed by atoms with E-state index >= 15 is 0 Å². The van der Waals surface area contributed by atoms with Gasteiger partial charge in [-0.05, 0) is 11.1 Å². The Kier molecular flexibility index (Phi) is 7.18. The van der Waals surface area contributed by atoms with Gasteiger partial charge in [0.25, 0.3) is 0 Å². The van der Waals surface area contributed by atoms with E-state index < -0.39 is 0 Å². The fourth-order valence-corrected chi connectivity index (χ4v) is 3.59. The van der Waals surface area contributed by atoms with Gasteiger partial charge in [-0.3, -0.25) is 0 Å². The number of benzene rings is 2. The fourth-order valence-electron chi connectivity index (χ4n) is 3.59. The van der Waals surface area contributed by atoms with Crippen molar-refractivity contribution in [3.05, 3.63) is 83.9 Å². The minimum Gasteiger partial charge on any atom is -0.325 e. The van der Waals surface area contributed by atoms with Crippen LogP contribution in [0, 0.1) is 0 Å². The Hall–Kier alpha value is -2.16. The molecule has 0 unspecified atom stereocenters. The van der Waals surface area contributed by atoms with Crippen LogP contribution in [0.25, 0.3) is 12.2 Å². The normalized spacial score (nSPS) is 12.0. The van der Waals surface area contributed by atoms with Crippen molar-refractivity contribution in [2.45, 2.75) is 19.5 Å². The second-order valence-corrected chi connectivity index (χ2v) is 8.88. The predicted octanol–water partition coefficient (Wildman–Crippen LogP) is 5.22. The Morgan fingerprint density at radius 1 is 0.630 bits per heavy atom. The summed E-state index contributed by atoms with van der Waals surface area (Å²) in [5, 5.41) is 0. The first-order valence-corrected chi connectivity index (χ1v) is 9.80. The molecular formula is C25H36N2+2. The molecule has 0 heterocycles. The van der Waals surface area contributed by atoms with Crippen molar-refractivity contribution in [2.24, 2.45) is 0 Å². The number of hydrogen-bond acceptors (Lipinski definition) is 0. The molecule has 0 bridgehead atoms. The van der Waals surface area contributed by atoms with Crippen LogP contribution in [-0.4, -0.2) is 50.2 Å². The third-order valence-electron chi connectivity index (χ3n) is 5.18. The molecule has 144 valence electrons. The number of nitrogens with zero attached hydrogens (tertiary/aromatic N) is 2. The molecule has 0 aliphatic rings. The molecule has 0 aliphatic heterocycles. The lowest BCUT2D eigenvalue weighted by Gasteiger charge is -2.34. The van der Waals surface area contributed by atoms with Gasteiger partial charge in [-0.2, -0.15) is 0 Å². The van der Waals surface area contributed by atoms with Crippen LogP contribution in [0.5, 0.6) is 0 Å². The van der Waals surface area contributed by atoms with Crippen LogP contribution in [0.2, 0.25) is 0 Å². The first kappa shape index (κ1) is 21.1. The van der Waals surface area contributed by atoms with Crippen LogP contribution in [-0.2, 0) is 13.1 Å². The van der Waals surface area contributed by atoms with Crippen molar-refractivity contribution in [1.29, 1.82) is 0 Å². The molecule has 0 atom stereocenters. The zero-order valence-corrected chi connectivity index (χ0v) is 17.6. The number of hydrogen-bond donors (Lipinski definition) is 0. The standard InChI is InChI=1S/C25H36N2/c1-7-22-10-14-24(15-11-22)20-26(3,4)18-9-19-27(5,6)21-25-16-12-23(8-2)13-17-25/h7-8,10-17H,1-2,9,18-21H2,3-6H3/q+2. The molecule has 0 saturated heterocycles. The van der Waals surface area contributed by atoms with Gasteiger partial charge in [-0.25, -0.2) is 0 Å². The third-order valence-corrected chi connectivity index (χ3v) is 5.18. The maximum atomic E-state index is 3.83. The second-order valence-electron chi connectivity index (χ2n) is 8.88. The lowest BCUT2D eigenvalue weighted by atomic mass is 10.1. The molecule has 0 spiro atoms. The van der Waals surface area contributed by atoms with E-state index in [2.05, 4.69) is 89.9 Å². The van der Waals surface area contributed by atoms with Crippen LogP contribution in [0.3, 0.4) is 0 Å². The fraction of sp³-hybridized carbons (Fsp3) is 0.360. The number of quaternary nitrogens is 2. The molecule has 2 heteroatoms. The molecule has 0 radical (unpaired) electrons. The van der Waals surface area contributed by atoms with Crippen molar-refractivity contribution in [3.8, 4) is 0 Å². The lowest BCUT2D eigenvalue weighted by molar-refractivity contribution is -0.922. The maximum Gasteiger partial charge on any atom is 0.104 e. The van der Waals surface area contributed by atoms with E-state index in [4.69, 9.17) is 0 Å². The highest BCUT2D eigenvalue weighted by Gasteiger charge is 2.20. The van der Waals surface area contributed by atoms with E-state index in [9.17, 15) is 0 Å². The van der Waals surface area contributed by atoms with Crippen LogP contribution >= 0.6 is 0 Å². The summed E-state index contributed by atoms with van der Waals surface area (Å²) in [4.78, 5) is 0. The summed E-state index contributed by atoms with van der Waals surface area (Å²) in [5.74, 6) is 0. The average Bonchev–Trinajstić information content (AvgIpc) is 2.62. The summed E-state index contributed by atoms with van der Waals surface area (Å²) in [6.45, 7) is 12.1. The van der Waals surface area contributed by atoms with Gasteiger partial charge in [-0.1, -0.05) is 73.8 Å². The van der Waals surface area contributed by atoms with Crippen molar-refractivity contribution in [2.75, 3.05) is 41.3 Å². The van der Waals surface area contributed by atoms with Gasteiger partial charge in [0.2, 0.25) is 0 Å². The van der Waals surface area contributed by atoms with Crippen LogP contribution in [0.15, 0.2) is 61.7 Å². The highest BCUT2D eigenvalue weighted by molar-refractivity contribution is 5.47. The van der Waals surface area contributed by atoms with Crippen LogP contribution < -0.4 is 0 Å². The highest BCUT2D eigenvalue weighted by atomic mass is 15.3. The van der Waals surface area contributed by atoms with E-state index in [1.54, 1.807) is 0 Å². The minimum atomic E-state index is 1.02. The SMILES string of the molecule is C=Cc1ccc(C[N+](C)(C)CCC[N+](C)(C)Cc2ccc(C=C)cc2)cc1. The van der Waals surface area contributed by atoms with Gasteiger partial charge in [-0.15, -0.1) is 0 Å². The monoisotopic (exact) mass is 364 g/mol. The Bertz CT molecular complexity index is 671. The maximum absolute atomic E-state index is 3.83. The van der Waals surface area contributed by atoms with Gasteiger partial charge < -0.3 is 8.97 Å². The summed E-state index contributed by atoms with van der Waals surface area (Å²) in [7, 11) is 9.32. The molecule has 2 nitrogen and oxygen atoms in total. The summed E-state index contributed by atoms with van der Waals surface area (Å²) < 4.78 is 2.03. The smallest absolute Gasteiger partial charge is 0.104 e. The zero-order chi connectivity index (χ0) is 19.9.